The average molecular weight is 609 g/mol. The molecule has 0 heterocycles. The van der Waals surface area contributed by atoms with Crippen LogP contribution in [0, 0.1) is 27.7 Å². The highest BCUT2D eigenvalue weighted by Crippen LogP contribution is 2.31. The molecule has 0 amide bonds. The third kappa shape index (κ3) is 13.8. The lowest BCUT2D eigenvalue weighted by Crippen LogP contribution is -2.27. The fourth-order valence-corrected chi connectivity index (χ4v) is 5.24. The lowest BCUT2D eigenvalue weighted by Gasteiger charge is -2.20. The van der Waals surface area contributed by atoms with Crippen molar-refractivity contribution >= 4 is 7.32 Å². The maximum atomic E-state index is 10.3. The van der Waals surface area contributed by atoms with Gasteiger partial charge < -0.3 is 18.8 Å². The number of aryl methyl sites for hydroxylation is 4. The van der Waals surface area contributed by atoms with Gasteiger partial charge in [-0.1, -0.05) is 119 Å². The van der Waals surface area contributed by atoms with Crippen molar-refractivity contribution in [2.45, 2.75) is 65.2 Å². The van der Waals surface area contributed by atoms with E-state index < -0.39 is 7.32 Å². The third-order valence-corrected chi connectivity index (χ3v) is 7.71. The molecule has 0 unspecified atom stereocenters. The van der Waals surface area contributed by atoms with E-state index in [4.69, 9.17) is 9.31 Å². The van der Waals surface area contributed by atoms with Gasteiger partial charge in [0.05, 0.1) is 28.2 Å². The zero-order chi connectivity index (χ0) is 32.8. The molecular weight excluding hydrogens is 553 g/mol. The Bertz CT molecular complexity index is 1180. The van der Waals surface area contributed by atoms with E-state index in [1.54, 1.807) is 0 Å². The molecule has 0 atom stereocenters. The molecule has 0 fully saturated rings. The van der Waals surface area contributed by atoms with E-state index in [0.717, 1.165) is 30.2 Å². The predicted octanol–water partition coefficient (Wildman–Crippen LogP) is 8.78. The van der Waals surface area contributed by atoms with Crippen molar-refractivity contribution in [3.8, 4) is 0 Å². The molecule has 0 saturated carbocycles. The first-order chi connectivity index (χ1) is 21.4. The van der Waals surface area contributed by atoms with Gasteiger partial charge in [-0.3, -0.25) is 0 Å². The summed E-state index contributed by atoms with van der Waals surface area (Å²) in [5.41, 5.74) is 10.3. The van der Waals surface area contributed by atoms with E-state index in [2.05, 4.69) is 153 Å². The van der Waals surface area contributed by atoms with Crippen LogP contribution in [-0.2, 0) is 9.31 Å². The maximum Gasteiger partial charge on any atom is 0.636 e. The smallest absolute Gasteiger partial charge is 0.402 e. The van der Waals surface area contributed by atoms with Gasteiger partial charge >= 0.3 is 7.32 Å². The average Bonchev–Trinajstić information content (AvgIpc) is 2.99. The Hall–Kier alpha value is -3.22. The van der Waals surface area contributed by atoms with Crippen molar-refractivity contribution in [1.82, 2.24) is 0 Å². The van der Waals surface area contributed by atoms with E-state index >= 15 is 0 Å². The number of quaternary nitrogens is 1. The van der Waals surface area contributed by atoms with Crippen LogP contribution in [0.5, 0.6) is 0 Å². The van der Waals surface area contributed by atoms with Crippen LogP contribution in [0.15, 0.2) is 97.1 Å². The van der Waals surface area contributed by atoms with Gasteiger partial charge in [0.1, 0.15) is 0 Å². The van der Waals surface area contributed by atoms with Gasteiger partial charge in [-0.15, -0.1) is 0 Å². The summed E-state index contributed by atoms with van der Waals surface area (Å²) in [4.78, 5) is 0. The summed E-state index contributed by atoms with van der Waals surface area (Å²) in [6, 6.07) is 35.2. The molecule has 45 heavy (non-hydrogen) atoms. The normalized spacial score (nSPS) is 11.4. The van der Waals surface area contributed by atoms with E-state index in [-0.39, 0.29) is 0 Å². The molecule has 4 nitrogen and oxygen atoms in total. The zero-order valence-electron chi connectivity index (χ0n) is 28.9. The number of benzene rings is 4. The van der Waals surface area contributed by atoms with Crippen molar-refractivity contribution < 1.29 is 18.8 Å². The molecule has 0 saturated heterocycles. The van der Waals surface area contributed by atoms with Crippen LogP contribution in [0.25, 0.3) is 0 Å². The van der Waals surface area contributed by atoms with Crippen molar-refractivity contribution in [3.63, 3.8) is 0 Å². The van der Waals surface area contributed by atoms with Gasteiger partial charge in [0.25, 0.3) is 0 Å². The first-order valence-electron chi connectivity index (χ1n) is 16.4. The van der Waals surface area contributed by atoms with Crippen LogP contribution in [-0.4, -0.2) is 58.2 Å². The summed E-state index contributed by atoms with van der Waals surface area (Å²) in [5, 5.41) is 10.3. The lowest BCUT2D eigenvalue weighted by molar-refractivity contribution is -0.849. The van der Waals surface area contributed by atoms with Crippen molar-refractivity contribution in [2.24, 2.45) is 0 Å². The molecule has 1 N–H and O–H groups in total. The van der Waals surface area contributed by atoms with Gasteiger partial charge in [-0.05, 0) is 75.6 Å². The Labute approximate surface area is 273 Å². The first kappa shape index (κ1) is 36.3. The Morgan fingerprint density at radius 1 is 0.489 bits per heavy atom. The standard InChI is InChI=1S/C36H43BO3.C4H12N/c1-27-9-17-31(18-10-27)35(32-19-11-28(2)12-20-32)7-5-25-39-37(38)40-26-6-8-36(33-21-13-29(3)14-22-33)34-23-15-30(4)16-24-34;1-5(2,3)4/h9-24,35-36,38H,5-8,25-26H2,1-4H3;1-4H3/q;+1. The fraction of sp³-hybridized carbons (Fsp3) is 0.400. The molecule has 0 radical (unpaired) electrons. The molecular formula is C40H55BNO3+. The number of rotatable bonds is 14. The molecule has 0 aliphatic rings. The summed E-state index contributed by atoms with van der Waals surface area (Å²) in [7, 11) is 7.30. The fourth-order valence-electron chi connectivity index (χ4n) is 5.24. The minimum absolute atomic E-state index is 0.295. The van der Waals surface area contributed by atoms with Gasteiger partial charge in [-0.2, -0.15) is 0 Å². The Kier molecular flexibility index (Phi) is 14.6. The minimum atomic E-state index is -1.20. The van der Waals surface area contributed by atoms with Crippen LogP contribution in [0.3, 0.4) is 0 Å². The predicted molar refractivity (Wildman–Crippen MR) is 191 cm³/mol. The Balaban J connectivity index is 0.00000102. The van der Waals surface area contributed by atoms with Crippen LogP contribution in [0.4, 0.5) is 0 Å². The summed E-state index contributed by atoms with van der Waals surface area (Å²) in [6.45, 7) is 9.36. The molecule has 0 bridgehead atoms. The topological polar surface area (TPSA) is 38.7 Å². The van der Waals surface area contributed by atoms with Gasteiger partial charge in [0.2, 0.25) is 0 Å². The third-order valence-electron chi connectivity index (χ3n) is 7.71. The second-order valence-electron chi connectivity index (χ2n) is 13.8. The highest BCUT2D eigenvalue weighted by Gasteiger charge is 2.19. The highest BCUT2D eigenvalue weighted by molar-refractivity contribution is 6.34. The van der Waals surface area contributed by atoms with E-state index in [9.17, 15) is 5.02 Å². The number of nitrogens with zero attached hydrogens (tertiary/aromatic N) is 1. The van der Waals surface area contributed by atoms with Crippen molar-refractivity contribution in [3.05, 3.63) is 142 Å². The van der Waals surface area contributed by atoms with Crippen LogP contribution < -0.4 is 0 Å². The monoisotopic (exact) mass is 608 g/mol. The Morgan fingerprint density at radius 3 is 0.933 bits per heavy atom. The highest BCUT2D eigenvalue weighted by atomic mass is 16.7. The summed E-state index contributed by atoms with van der Waals surface area (Å²) >= 11 is 0. The number of hydrogen-bond acceptors (Lipinski definition) is 3. The molecule has 0 aliphatic heterocycles. The second kappa shape index (κ2) is 18.1. The van der Waals surface area contributed by atoms with E-state index in [1.165, 1.54) is 44.5 Å². The lowest BCUT2D eigenvalue weighted by atomic mass is 9.87. The van der Waals surface area contributed by atoms with Crippen LogP contribution in [0.2, 0.25) is 0 Å². The van der Waals surface area contributed by atoms with Crippen molar-refractivity contribution in [2.75, 3.05) is 41.4 Å². The van der Waals surface area contributed by atoms with Gasteiger partial charge in [0, 0.05) is 25.0 Å². The molecule has 0 spiro atoms. The summed E-state index contributed by atoms with van der Waals surface area (Å²) in [5.74, 6) is 0.590. The first-order valence-corrected chi connectivity index (χ1v) is 16.4. The molecule has 4 rings (SSSR count). The molecule has 5 heteroatoms. The van der Waals surface area contributed by atoms with Gasteiger partial charge in [0.15, 0.2) is 0 Å². The van der Waals surface area contributed by atoms with Gasteiger partial charge in [-0.25, -0.2) is 0 Å². The SMILES string of the molecule is C[N+](C)(C)C.Cc1ccc(C(CCCOB(O)OCCCC(c2ccc(C)cc2)c2ccc(C)cc2)c2ccc(C)cc2)cc1. The zero-order valence-corrected chi connectivity index (χ0v) is 28.9. The molecule has 240 valence electrons. The molecule has 4 aromatic rings. The van der Waals surface area contributed by atoms with Crippen molar-refractivity contribution in [1.29, 1.82) is 0 Å². The minimum Gasteiger partial charge on any atom is -0.402 e. The van der Waals surface area contributed by atoms with E-state index in [0.29, 0.717) is 25.0 Å². The summed E-state index contributed by atoms with van der Waals surface area (Å²) < 4.78 is 12.3. The largest absolute Gasteiger partial charge is 0.636 e. The molecule has 0 aromatic heterocycles. The molecule has 4 aromatic carbocycles. The molecule has 0 aliphatic carbocycles. The summed E-state index contributed by atoms with van der Waals surface area (Å²) in [6.07, 6.45) is 3.53. The van der Waals surface area contributed by atoms with Crippen LogP contribution in [0.1, 0.15) is 82.0 Å². The Morgan fingerprint density at radius 2 is 0.711 bits per heavy atom. The number of hydrogen-bond donors (Lipinski definition) is 1. The van der Waals surface area contributed by atoms with Crippen LogP contribution >= 0.6 is 0 Å². The maximum absolute atomic E-state index is 10.3. The second-order valence-corrected chi connectivity index (χ2v) is 13.8. The van der Waals surface area contributed by atoms with E-state index in [1.807, 2.05) is 0 Å². The quantitative estimate of drug-likeness (QED) is 0.0884.